The summed E-state index contributed by atoms with van der Waals surface area (Å²) < 4.78 is 5.07. The van der Waals surface area contributed by atoms with Gasteiger partial charge in [-0.15, -0.1) is 0 Å². The van der Waals surface area contributed by atoms with Crippen molar-refractivity contribution in [3.8, 4) is 5.75 Å². The Hall–Kier alpha value is -2.57. The number of carbonyl (C=O) groups is 3. The Morgan fingerprint density at radius 1 is 1.30 bits per heavy atom. The first kappa shape index (κ1) is 15.3. The number of carbonyl (C=O) groups excluding carboxylic acids is 3. The molecule has 2 aliphatic rings. The Kier molecular flexibility index (Phi) is 4.18. The van der Waals surface area contributed by atoms with Gasteiger partial charge >= 0.3 is 6.03 Å². The predicted octanol–water partition coefficient (Wildman–Crippen LogP) is 0.784. The van der Waals surface area contributed by atoms with Crippen LogP contribution in [0.15, 0.2) is 24.3 Å². The molecule has 1 aromatic carbocycles. The summed E-state index contributed by atoms with van der Waals surface area (Å²) in [5.74, 6) is 0.148. The lowest BCUT2D eigenvalue weighted by atomic mass is 10.1. The number of hydrogen-bond donors (Lipinski definition) is 2. The van der Waals surface area contributed by atoms with Crippen LogP contribution < -0.4 is 15.4 Å². The summed E-state index contributed by atoms with van der Waals surface area (Å²) in [5, 5.41) is 5.39. The van der Waals surface area contributed by atoms with Crippen molar-refractivity contribution in [2.24, 2.45) is 0 Å². The Balaban J connectivity index is 1.59. The van der Waals surface area contributed by atoms with Gasteiger partial charge in [0.25, 0.3) is 5.91 Å². The molecule has 1 aliphatic heterocycles. The van der Waals surface area contributed by atoms with Gasteiger partial charge in [0.05, 0.1) is 20.1 Å². The zero-order valence-corrected chi connectivity index (χ0v) is 12.9. The molecule has 7 nitrogen and oxygen atoms in total. The minimum atomic E-state index is -0.778. The molecule has 1 aliphatic carbocycles. The molecule has 1 heterocycles. The second-order valence-electron chi connectivity index (χ2n) is 5.82. The van der Waals surface area contributed by atoms with E-state index in [9.17, 15) is 14.4 Å². The molecule has 1 saturated heterocycles. The molecule has 7 heteroatoms. The third-order valence-corrected chi connectivity index (χ3v) is 3.94. The molecule has 1 aromatic rings. The van der Waals surface area contributed by atoms with Crippen LogP contribution in [0.4, 0.5) is 4.79 Å². The van der Waals surface area contributed by atoms with Crippen molar-refractivity contribution in [1.82, 2.24) is 15.5 Å². The highest BCUT2D eigenvalue weighted by molar-refractivity contribution is 6.05. The number of imide groups is 1. The molecule has 0 radical (unpaired) electrons. The summed E-state index contributed by atoms with van der Waals surface area (Å²) in [6, 6.07) is 6.14. The van der Waals surface area contributed by atoms with Gasteiger partial charge in [-0.25, -0.2) is 4.79 Å². The van der Waals surface area contributed by atoms with Crippen molar-refractivity contribution in [2.45, 2.75) is 37.9 Å². The first-order valence-electron chi connectivity index (χ1n) is 7.61. The fourth-order valence-corrected chi connectivity index (χ4v) is 2.48. The van der Waals surface area contributed by atoms with E-state index in [-0.39, 0.29) is 30.8 Å². The normalized spacial score (nSPS) is 20.4. The number of benzene rings is 1. The van der Waals surface area contributed by atoms with E-state index >= 15 is 0 Å². The van der Waals surface area contributed by atoms with E-state index in [1.807, 2.05) is 0 Å². The number of rotatable bonds is 6. The average Bonchev–Trinajstić information content (AvgIpc) is 3.31. The maximum atomic E-state index is 12.3. The minimum absolute atomic E-state index is 0.0137. The van der Waals surface area contributed by atoms with E-state index in [0.717, 1.165) is 23.3 Å². The molecule has 23 heavy (non-hydrogen) atoms. The SMILES string of the molecule is COc1ccc(CN2C(=O)NC(CC(=O)NC3CC3)C2=O)cc1. The molecule has 122 valence electrons. The van der Waals surface area contributed by atoms with Gasteiger partial charge in [0.15, 0.2) is 0 Å². The quantitative estimate of drug-likeness (QED) is 0.759. The van der Waals surface area contributed by atoms with Crippen molar-refractivity contribution in [1.29, 1.82) is 0 Å². The summed E-state index contributed by atoms with van der Waals surface area (Å²) >= 11 is 0. The molecule has 0 bridgehead atoms. The Bertz CT molecular complexity index is 625. The lowest BCUT2D eigenvalue weighted by molar-refractivity contribution is -0.131. The highest BCUT2D eigenvalue weighted by Crippen LogP contribution is 2.20. The number of hydrogen-bond acceptors (Lipinski definition) is 4. The van der Waals surface area contributed by atoms with E-state index in [4.69, 9.17) is 4.74 Å². The molecule has 3 rings (SSSR count). The van der Waals surface area contributed by atoms with Crippen LogP contribution in [0.25, 0.3) is 0 Å². The van der Waals surface area contributed by atoms with Gasteiger partial charge in [0.1, 0.15) is 11.8 Å². The van der Waals surface area contributed by atoms with Gasteiger partial charge in [0, 0.05) is 6.04 Å². The molecule has 2 N–H and O–H groups in total. The van der Waals surface area contributed by atoms with E-state index in [1.165, 1.54) is 0 Å². The molecule has 2 fully saturated rings. The molecule has 1 atom stereocenters. The van der Waals surface area contributed by atoms with Gasteiger partial charge < -0.3 is 15.4 Å². The number of nitrogens with zero attached hydrogens (tertiary/aromatic N) is 1. The van der Waals surface area contributed by atoms with Crippen LogP contribution in [0.1, 0.15) is 24.8 Å². The van der Waals surface area contributed by atoms with Crippen LogP contribution in [0.3, 0.4) is 0 Å². The highest BCUT2D eigenvalue weighted by Gasteiger charge is 2.39. The van der Waals surface area contributed by atoms with Gasteiger partial charge in [0.2, 0.25) is 5.91 Å². The number of methoxy groups -OCH3 is 1. The van der Waals surface area contributed by atoms with Gasteiger partial charge in [-0.1, -0.05) is 12.1 Å². The van der Waals surface area contributed by atoms with Crippen molar-refractivity contribution >= 4 is 17.8 Å². The summed E-state index contributed by atoms with van der Waals surface area (Å²) in [7, 11) is 1.57. The molecule has 0 aromatic heterocycles. The Labute approximate surface area is 134 Å². The van der Waals surface area contributed by atoms with Crippen LogP contribution in [0.2, 0.25) is 0 Å². The van der Waals surface area contributed by atoms with Gasteiger partial charge in [-0.3, -0.25) is 14.5 Å². The lowest BCUT2D eigenvalue weighted by Gasteiger charge is -2.13. The molecule has 1 unspecified atom stereocenters. The third-order valence-electron chi connectivity index (χ3n) is 3.94. The second kappa shape index (κ2) is 6.28. The average molecular weight is 317 g/mol. The summed E-state index contributed by atoms with van der Waals surface area (Å²) in [5.41, 5.74) is 0.817. The molecular weight excluding hydrogens is 298 g/mol. The number of ether oxygens (including phenoxy) is 1. The van der Waals surface area contributed by atoms with E-state index in [1.54, 1.807) is 31.4 Å². The third kappa shape index (κ3) is 3.61. The zero-order valence-electron chi connectivity index (χ0n) is 12.9. The fourth-order valence-electron chi connectivity index (χ4n) is 2.48. The minimum Gasteiger partial charge on any atom is -0.497 e. The first-order chi connectivity index (χ1) is 11.1. The maximum absolute atomic E-state index is 12.3. The first-order valence-corrected chi connectivity index (χ1v) is 7.61. The standard InChI is InChI=1S/C16H19N3O4/c1-23-12-6-2-10(3-7-12)9-19-15(21)13(18-16(19)22)8-14(20)17-11-4-5-11/h2-3,6-7,11,13H,4-5,8-9H2,1H3,(H,17,20)(H,18,22). The summed E-state index contributed by atoms with van der Waals surface area (Å²) in [6.07, 6.45) is 1.96. The second-order valence-corrected chi connectivity index (χ2v) is 5.82. The molecule has 0 spiro atoms. The van der Waals surface area contributed by atoms with Crippen LogP contribution >= 0.6 is 0 Å². The van der Waals surface area contributed by atoms with Crippen molar-refractivity contribution in [3.05, 3.63) is 29.8 Å². The van der Waals surface area contributed by atoms with E-state index in [2.05, 4.69) is 10.6 Å². The smallest absolute Gasteiger partial charge is 0.325 e. The Morgan fingerprint density at radius 3 is 2.61 bits per heavy atom. The van der Waals surface area contributed by atoms with Crippen LogP contribution in [0.5, 0.6) is 5.75 Å². The van der Waals surface area contributed by atoms with Gasteiger partial charge in [-0.2, -0.15) is 0 Å². The van der Waals surface area contributed by atoms with E-state index < -0.39 is 12.1 Å². The van der Waals surface area contributed by atoms with Crippen LogP contribution in [0, 0.1) is 0 Å². The summed E-state index contributed by atoms with van der Waals surface area (Å²) in [6.45, 7) is 0.176. The molecule has 1 saturated carbocycles. The number of nitrogens with one attached hydrogen (secondary N) is 2. The van der Waals surface area contributed by atoms with E-state index in [0.29, 0.717) is 5.75 Å². The zero-order chi connectivity index (χ0) is 16.4. The summed E-state index contributed by atoms with van der Waals surface area (Å²) in [4.78, 5) is 37.2. The number of urea groups is 1. The van der Waals surface area contributed by atoms with Crippen LogP contribution in [-0.4, -0.2) is 41.9 Å². The number of amides is 4. The Morgan fingerprint density at radius 2 is 2.00 bits per heavy atom. The topological polar surface area (TPSA) is 87.7 Å². The van der Waals surface area contributed by atoms with Crippen molar-refractivity contribution < 1.29 is 19.1 Å². The monoisotopic (exact) mass is 317 g/mol. The molecule has 4 amide bonds. The lowest BCUT2D eigenvalue weighted by Crippen LogP contribution is -2.37. The predicted molar refractivity (Wildman–Crippen MR) is 81.6 cm³/mol. The van der Waals surface area contributed by atoms with Crippen LogP contribution in [-0.2, 0) is 16.1 Å². The highest BCUT2D eigenvalue weighted by atomic mass is 16.5. The largest absolute Gasteiger partial charge is 0.497 e. The van der Waals surface area contributed by atoms with Gasteiger partial charge in [-0.05, 0) is 30.5 Å². The maximum Gasteiger partial charge on any atom is 0.325 e. The van der Waals surface area contributed by atoms with Crippen molar-refractivity contribution in [3.63, 3.8) is 0 Å². The molecular formula is C16H19N3O4. The fraction of sp³-hybridized carbons (Fsp3) is 0.438. The van der Waals surface area contributed by atoms with Crippen molar-refractivity contribution in [2.75, 3.05) is 7.11 Å².